The molecular weight excluding hydrogens is 560 g/mol. The van der Waals surface area contributed by atoms with E-state index < -0.39 is 35.6 Å². The van der Waals surface area contributed by atoms with E-state index in [2.05, 4.69) is 10.6 Å². The van der Waals surface area contributed by atoms with E-state index in [9.17, 15) is 31.9 Å². The van der Waals surface area contributed by atoms with Crippen molar-refractivity contribution in [3.05, 3.63) is 89.7 Å². The van der Waals surface area contributed by atoms with Gasteiger partial charge in [0, 0.05) is 25.3 Å². The molecule has 0 bridgehead atoms. The van der Waals surface area contributed by atoms with Gasteiger partial charge >= 0.3 is 12.3 Å². The first-order chi connectivity index (χ1) is 20.0. The number of halogens is 4. The average Bonchev–Trinajstić information content (AvgIpc) is 3.40. The molecule has 3 aromatic rings. The number of carbonyl (C=O) groups excluding carboxylic acids is 2. The molecule has 1 aliphatic heterocycles. The topological polar surface area (TPSA) is 111 Å². The molecule has 1 aliphatic rings. The van der Waals surface area contributed by atoms with Crippen molar-refractivity contribution in [1.29, 1.82) is 0 Å². The van der Waals surface area contributed by atoms with Crippen LogP contribution in [0.3, 0.4) is 0 Å². The predicted molar refractivity (Wildman–Crippen MR) is 145 cm³/mol. The van der Waals surface area contributed by atoms with Crippen molar-refractivity contribution in [1.82, 2.24) is 15.5 Å². The number of anilines is 1. The van der Waals surface area contributed by atoms with Gasteiger partial charge in [0.1, 0.15) is 17.3 Å². The van der Waals surface area contributed by atoms with E-state index >= 15 is 0 Å². The largest absolute Gasteiger partial charge is 0.465 e. The van der Waals surface area contributed by atoms with Gasteiger partial charge in [-0.15, -0.1) is 0 Å². The fourth-order valence-electron chi connectivity index (χ4n) is 4.48. The zero-order valence-electron chi connectivity index (χ0n) is 22.2. The predicted octanol–water partition coefficient (Wildman–Crippen LogP) is 4.63. The molecule has 0 spiro atoms. The number of hydrogen-bond donors (Lipinski definition) is 3. The molecule has 0 radical (unpaired) electrons. The van der Waals surface area contributed by atoms with Crippen molar-refractivity contribution in [3.8, 4) is 11.5 Å². The molecule has 0 unspecified atom stereocenters. The van der Waals surface area contributed by atoms with E-state index in [1.807, 2.05) is 18.2 Å². The second kappa shape index (κ2) is 13.2. The molecule has 4 rings (SSSR count). The second-order valence-corrected chi connectivity index (χ2v) is 9.66. The Morgan fingerprint density at radius 2 is 1.67 bits per heavy atom. The van der Waals surface area contributed by atoms with Crippen LogP contribution in [0, 0.1) is 5.82 Å². The lowest BCUT2D eigenvalue weighted by Crippen LogP contribution is -2.45. The standard InChI is InChI=1S/C29H28F4N4O5/c30-21-13-19(12-20(14-21)29(31,32)33)15-34-26(38)17-37(18-27(39)36-11-10-22(16-36)35-28(40)41)23-6-8-25(9-7-23)42-24-4-2-1-3-5-24/h1-9,12-14,22,35H,10-11,15-18H2,(H,34,38)(H,40,41)/t22-/m0/s1. The Labute approximate surface area is 238 Å². The molecule has 1 fully saturated rings. The van der Waals surface area contributed by atoms with Gasteiger partial charge in [0.25, 0.3) is 0 Å². The number of para-hydroxylation sites is 1. The van der Waals surface area contributed by atoms with E-state index in [0.29, 0.717) is 36.2 Å². The van der Waals surface area contributed by atoms with E-state index in [1.54, 1.807) is 36.4 Å². The highest BCUT2D eigenvalue weighted by Gasteiger charge is 2.31. The van der Waals surface area contributed by atoms with Gasteiger partial charge in [0.2, 0.25) is 11.8 Å². The zero-order valence-corrected chi connectivity index (χ0v) is 22.2. The molecule has 3 N–H and O–H groups in total. The summed E-state index contributed by atoms with van der Waals surface area (Å²) in [5.74, 6) is -0.921. The Balaban J connectivity index is 1.45. The van der Waals surface area contributed by atoms with Crippen LogP contribution >= 0.6 is 0 Å². The zero-order chi connectivity index (χ0) is 30.3. The van der Waals surface area contributed by atoms with Gasteiger partial charge in [-0.3, -0.25) is 9.59 Å². The first-order valence-electron chi connectivity index (χ1n) is 12.9. The van der Waals surface area contributed by atoms with Crippen molar-refractivity contribution in [2.24, 2.45) is 0 Å². The summed E-state index contributed by atoms with van der Waals surface area (Å²) < 4.78 is 58.7. The number of carbonyl (C=O) groups is 3. The number of alkyl halides is 3. The molecule has 1 saturated heterocycles. The highest BCUT2D eigenvalue weighted by molar-refractivity contribution is 5.86. The molecular formula is C29H28F4N4O5. The van der Waals surface area contributed by atoms with Crippen LogP contribution in [0.2, 0.25) is 0 Å². The van der Waals surface area contributed by atoms with Crippen LogP contribution in [0.15, 0.2) is 72.8 Å². The van der Waals surface area contributed by atoms with Crippen LogP contribution in [0.5, 0.6) is 11.5 Å². The summed E-state index contributed by atoms with van der Waals surface area (Å²) in [6, 6.07) is 17.3. The number of hydrogen-bond acceptors (Lipinski definition) is 5. The van der Waals surface area contributed by atoms with Gasteiger partial charge in [0.15, 0.2) is 0 Å². The van der Waals surface area contributed by atoms with Crippen LogP contribution in [0.25, 0.3) is 0 Å². The fraction of sp³-hybridized carbons (Fsp3) is 0.276. The molecule has 222 valence electrons. The summed E-state index contributed by atoms with van der Waals surface area (Å²) in [5.41, 5.74) is -0.753. The molecule has 1 heterocycles. The Morgan fingerprint density at radius 1 is 0.976 bits per heavy atom. The van der Waals surface area contributed by atoms with Gasteiger partial charge in [-0.05, 0) is 66.6 Å². The first kappa shape index (κ1) is 30.2. The molecule has 0 aliphatic carbocycles. The van der Waals surface area contributed by atoms with Crippen molar-refractivity contribution in [2.75, 3.05) is 31.1 Å². The summed E-state index contributed by atoms with van der Waals surface area (Å²) in [5, 5.41) is 13.8. The molecule has 42 heavy (non-hydrogen) atoms. The SMILES string of the molecule is O=C(O)N[C@H]1CCN(C(=O)CN(CC(=O)NCc2cc(F)cc(C(F)(F)F)c2)c2ccc(Oc3ccccc3)cc2)C1. The minimum Gasteiger partial charge on any atom is -0.465 e. The number of amides is 3. The van der Waals surface area contributed by atoms with E-state index in [-0.39, 0.29) is 37.6 Å². The lowest BCUT2D eigenvalue weighted by atomic mass is 10.1. The molecule has 3 aromatic carbocycles. The van der Waals surface area contributed by atoms with E-state index in [1.165, 1.54) is 9.80 Å². The fourth-order valence-corrected chi connectivity index (χ4v) is 4.48. The third-order valence-corrected chi connectivity index (χ3v) is 6.48. The van der Waals surface area contributed by atoms with Crippen LogP contribution in [-0.4, -0.2) is 60.1 Å². The van der Waals surface area contributed by atoms with Crippen molar-refractivity contribution in [2.45, 2.75) is 25.2 Å². The van der Waals surface area contributed by atoms with Gasteiger partial charge in [0.05, 0.1) is 24.7 Å². The quantitative estimate of drug-likeness (QED) is 0.298. The van der Waals surface area contributed by atoms with Gasteiger partial charge < -0.3 is 30.3 Å². The molecule has 3 amide bonds. The Kier molecular flexibility index (Phi) is 9.50. The molecule has 9 nitrogen and oxygen atoms in total. The Bertz CT molecular complexity index is 1400. The lowest BCUT2D eigenvalue weighted by Gasteiger charge is -2.27. The summed E-state index contributed by atoms with van der Waals surface area (Å²) in [6.07, 6.45) is -5.49. The third-order valence-electron chi connectivity index (χ3n) is 6.48. The monoisotopic (exact) mass is 588 g/mol. The average molecular weight is 589 g/mol. The van der Waals surface area contributed by atoms with Crippen LogP contribution in [0.1, 0.15) is 17.5 Å². The van der Waals surface area contributed by atoms with Gasteiger partial charge in [-0.25, -0.2) is 9.18 Å². The maximum Gasteiger partial charge on any atom is 0.416 e. The molecule has 13 heteroatoms. The van der Waals surface area contributed by atoms with E-state index in [0.717, 1.165) is 12.1 Å². The highest BCUT2D eigenvalue weighted by atomic mass is 19.4. The summed E-state index contributed by atoms with van der Waals surface area (Å²) >= 11 is 0. The second-order valence-electron chi connectivity index (χ2n) is 9.66. The Morgan fingerprint density at radius 3 is 2.33 bits per heavy atom. The maximum atomic E-state index is 13.8. The van der Waals surface area contributed by atoms with Crippen molar-refractivity contribution in [3.63, 3.8) is 0 Å². The first-order valence-corrected chi connectivity index (χ1v) is 12.9. The van der Waals surface area contributed by atoms with Crippen molar-refractivity contribution >= 4 is 23.6 Å². The number of nitrogens with one attached hydrogen (secondary N) is 2. The van der Waals surface area contributed by atoms with Gasteiger partial charge in [-0.2, -0.15) is 13.2 Å². The minimum atomic E-state index is -4.75. The highest BCUT2D eigenvalue weighted by Crippen LogP contribution is 2.30. The number of rotatable bonds is 10. The minimum absolute atomic E-state index is 0.0743. The van der Waals surface area contributed by atoms with Crippen LogP contribution in [0.4, 0.5) is 28.0 Å². The number of ether oxygens (including phenoxy) is 1. The normalized spacial score (nSPS) is 14.8. The third kappa shape index (κ3) is 8.59. The van der Waals surface area contributed by atoms with Crippen LogP contribution < -0.4 is 20.3 Å². The Hall–Kier alpha value is -4.81. The number of benzene rings is 3. The summed E-state index contributed by atoms with van der Waals surface area (Å²) in [7, 11) is 0. The number of carboxylic acid groups (broad SMARTS) is 1. The van der Waals surface area contributed by atoms with Gasteiger partial charge in [-0.1, -0.05) is 18.2 Å². The maximum absolute atomic E-state index is 13.8. The number of nitrogens with zero attached hydrogens (tertiary/aromatic N) is 2. The lowest BCUT2D eigenvalue weighted by molar-refractivity contribution is -0.137. The summed E-state index contributed by atoms with van der Waals surface area (Å²) in [4.78, 5) is 39.9. The number of likely N-dealkylation sites (tertiary alicyclic amines) is 1. The van der Waals surface area contributed by atoms with Crippen molar-refractivity contribution < 1.29 is 41.8 Å². The molecule has 0 aromatic heterocycles. The summed E-state index contributed by atoms with van der Waals surface area (Å²) in [6.45, 7) is -0.425. The molecule has 0 saturated carbocycles. The van der Waals surface area contributed by atoms with Crippen LogP contribution in [-0.2, 0) is 22.3 Å². The van der Waals surface area contributed by atoms with E-state index in [4.69, 9.17) is 9.84 Å². The smallest absolute Gasteiger partial charge is 0.416 e. The molecule has 1 atom stereocenters.